The van der Waals surface area contributed by atoms with Gasteiger partial charge < -0.3 is 19.9 Å². The second-order valence-electron chi connectivity index (χ2n) is 5.07. The van der Waals surface area contributed by atoms with E-state index in [1.54, 1.807) is 7.11 Å². The van der Waals surface area contributed by atoms with E-state index in [-0.39, 0.29) is 0 Å². The fourth-order valence-corrected chi connectivity index (χ4v) is 1.67. The molecule has 108 valence electrons. The molecule has 0 amide bonds. The third-order valence-electron chi connectivity index (χ3n) is 2.65. The van der Waals surface area contributed by atoms with E-state index in [0.717, 1.165) is 17.9 Å². The normalized spacial score (nSPS) is 12.7. The highest BCUT2D eigenvalue weighted by Crippen LogP contribution is 2.13. The summed E-state index contributed by atoms with van der Waals surface area (Å²) in [6.45, 7) is 6.57. The highest BCUT2D eigenvalue weighted by Gasteiger charge is 2.05. The summed E-state index contributed by atoms with van der Waals surface area (Å²) in [5.74, 6) is 1.41. The first-order valence-electron chi connectivity index (χ1n) is 6.71. The van der Waals surface area contributed by atoms with Crippen LogP contribution in [0.4, 0.5) is 0 Å². The summed E-state index contributed by atoms with van der Waals surface area (Å²) in [5.41, 5.74) is 1.04. The molecule has 0 heterocycles. The van der Waals surface area contributed by atoms with Crippen LogP contribution in [0.1, 0.15) is 19.4 Å². The predicted molar refractivity (Wildman–Crippen MR) is 76.4 cm³/mol. The van der Waals surface area contributed by atoms with Crippen molar-refractivity contribution < 1.29 is 14.6 Å². The largest absolute Gasteiger partial charge is 0.497 e. The SMILES string of the molecule is COc1cccc(COC[C@@H](O)CNCC(C)C)c1. The van der Waals surface area contributed by atoms with Gasteiger partial charge in [-0.15, -0.1) is 0 Å². The number of benzene rings is 1. The Balaban J connectivity index is 2.18. The van der Waals surface area contributed by atoms with E-state index in [9.17, 15) is 5.11 Å². The molecular formula is C15H25NO3. The number of hydrogen-bond donors (Lipinski definition) is 2. The highest BCUT2D eigenvalue weighted by atomic mass is 16.5. The minimum Gasteiger partial charge on any atom is -0.497 e. The topological polar surface area (TPSA) is 50.7 Å². The van der Waals surface area contributed by atoms with Gasteiger partial charge in [-0.1, -0.05) is 26.0 Å². The Morgan fingerprint density at radius 3 is 2.74 bits per heavy atom. The molecule has 2 N–H and O–H groups in total. The van der Waals surface area contributed by atoms with Gasteiger partial charge in [0.2, 0.25) is 0 Å². The summed E-state index contributed by atoms with van der Waals surface area (Å²) in [6.07, 6.45) is -0.468. The first-order chi connectivity index (χ1) is 9.11. The first-order valence-corrected chi connectivity index (χ1v) is 6.71. The van der Waals surface area contributed by atoms with E-state index in [1.807, 2.05) is 24.3 Å². The van der Waals surface area contributed by atoms with E-state index in [1.165, 1.54) is 0 Å². The lowest BCUT2D eigenvalue weighted by Gasteiger charge is -2.13. The van der Waals surface area contributed by atoms with Crippen LogP contribution in [0.3, 0.4) is 0 Å². The van der Waals surface area contributed by atoms with Gasteiger partial charge in [0.25, 0.3) is 0 Å². The fraction of sp³-hybridized carbons (Fsp3) is 0.600. The molecule has 4 nitrogen and oxygen atoms in total. The molecule has 0 saturated heterocycles. The molecule has 0 spiro atoms. The van der Waals surface area contributed by atoms with Crippen molar-refractivity contribution in [1.29, 1.82) is 0 Å². The summed E-state index contributed by atoms with van der Waals surface area (Å²) in [4.78, 5) is 0. The van der Waals surface area contributed by atoms with Crippen molar-refractivity contribution >= 4 is 0 Å². The molecule has 0 aliphatic heterocycles. The van der Waals surface area contributed by atoms with E-state index < -0.39 is 6.10 Å². The van der Waals surface area contributed by atoms with Gasteiger partial charge in [0.15, 0.2) is 0 Å². The molecule has 0 radical (unpaired) electrons. The molecule has 1 rings (SSSR count). The van der Waals surface area contributed by atoms with Crippen LogP contribution in [-0.4, -0.2) is 38.0 Å². The molecule has 4 heteroatoms. The minimum absolute atomic E-state index is 0.336. The quantitative estimate of drug-likeness (QED) is 0.716. The third kappa shape index (κ3) is 7.15. The van der Waals surface area contributed by atoms with Gasteiger partial charge in [-0.3, -0.25) is 0 Å². The highest BCUT2D eigenvalue weighted by molar-refractivity contribution is 5.27. The molecule has 0 bridgehead atoms. The molecule has 1 aromatic rings. The van der Waals surface area contributed by atoms with Crippen molar-refractivity contribution in [2.24, 2.45) is 5.92 Å². The Bertz CT molecular complexity index is 355. The van der Waals surface area contributed by atoms with Gasteiger partial charge in [0.1, 0.15) is 5.75 Å². The Kier molecular flexibility index (Phi) is 7.48. The lowest BCUT2D eigenvalue weighted by molar-refractivity contribution is 0.0286. The van der Waals surface area contributed by atoms with Crippen LogP contribution in [0.5, 0.6) is 5.75 Å². The molecule has 0 saturated carbocycles. The zero-order valence-corrected chi connectivity index (χ0v) is 12.1. The van der Waals surface area contributed by atoms with E-state index in [4.69, 9.17) is 9.47 Å². The monoisotopic (exact) mass is 267 g/mol. The van der Waals surface area contributed by atoms with Gasteiger partial charge >= 0.3 is 0 Å². The number of rotatable bonds is 9. The van der Waals surface area contributed by atoms with Crippen LogP contribution in [-0.2, 0) is 11.3 Å². The molecular weight excluding hydrogens is 242 g/mol. The number of hydrogen-bond acceptors (Lipinski definition) is 4. The fourth-order valence-electron chi connectivity index (χ4n) is 1.67. The minimum atomic E-state index is -0.468. The zero-order valence-electron chi connectivity index (χ0n) is 12.1. The lowest BCUT2D eigenvalue weighted by Crippen LogP contribution is -2.32. The molecule has 0 aliphatic rings. The van der Waals surface area contributed by atoms with Crippen molar-refractivity contribution in [3.8, 4) is 5.75 Å². The smallest absolute Gasteiger partial charge is 0.119 e. The van der Waals surface area contributed by atoms with Gasteiger partial charge in [-0.25, -0.2) is 0 Å². The van der Waals surface area contributed by atoms with E-state index in [0.29, 0.717) is 25.7 Å². The van der Waals surface area contributed by atoms with Crippen LogP contribution in [0.25, 0.3) is 0 Å². The summed E-state index contributed by atoms with van der Waals surface area (Å²) < 4.78 is 10.6. The van der Waals surface area contributed by atoms with Crippen molar-refractivity contribution in [3.05, 3.63) is 29.8 Å². The van der Waals surface area contributed by atoms with Crippen molar-refractivity contribution in [2.75, 3.05) is 26.8 Å². The summed E-state index contributed by atoms with van der Waals surface area (Å²) in [7, 11) is 1.64. The van der Waals surface area contributed by atoms with Crippen LogP contribution in [0.2, 0.25) is 0 Å². The van der Waals surface area contributed by atoms with Gasteiger partial charge in [0, 0.05) is 6.54 Å². The average Bonchev–Trinajstić information content (AvgIpc) is 2.38. The van der Waals surface area contributed by atoms with Crippen molar-refractivity contribution in [1.82, 2.24) is 5.32 Å². The molecule has 1 atom stereocenters. The Morgan fingerprint density at radius 2 is 2.05 bits per heavy atom. The van der Waals surface area contributed by atoms with Crippen LogP contribution < -0.4 is 10.1 Å². The maximum absolute atomic E-state index is 9.73. The Morgan fingerprint density at radius 1 is 1.26 bits per heavy atom. The Labute approximate surface area is 115 Å². The van der Waals surface area contributed by atoms with Crippen molar-refractivity contribution in [2.45, 2.75) is 26.6 Å². The molecule has 1 aromatic carbocycles. The standard InChI is InChI=1S/C15H25NO3/c1-12(2)8-16-9-14(17)11-19-10-13-5-4-6-15(7-13)18-3/h4-7,12,14,16-17H,8-11H2,1-3H3/t14-/m0/s1. The van der Waals surface area contributed by atoms with Crippen LogP contribution in [0, 0.1) is 5.92 Å². The first kappa shape index (κ1) is 16.0. The molecule has 0 unspecified atom stereocenters. The molecule has 19 heavy (non-hydrogen) atoms. The number of ether oxygens (including phenoxy) is 2. The van der Waals surface area contributed by atoms with E-state index >= 15 is 0 Å². The molecule has 0 aliphatic carbocycles. The number of methoxy groups -OCH3 is 1. The van der Waals surface area contributed by atoms with Gasteiger partial charge in [-0.2, -0.15) is 0 Å². The molecule has 0 fully saturated rings. The van der Waals surface area contributed by atoms with Crippen molar-refractivity contribution in [3.63, 3.8) is 0 Å². The number of aliphatic hydroxyl groups is 1. The van der Waals surface area contributed by atoms with Crippen LogP contribution >= 0.6 is 0 Å². The average molecular weight is 267 g/mol. The summed E-state index contributed by atoms with van der Waals surface area (Å²) >= 11 is 0. The van der Waals surface area contributed by atoms with Gasteiger partial charge in [0.05, 0.1) is 26.4 Å². The number of nitrogens with one attached hydrogen (secondary N) is 1. The molecule has 0 aromatic heterocycles. The summed E-state index contributed by atoms with van der Waals surface area (Å²) in [5, 5.41) is 12.9. The lowest BCUT2D eigenvalue weighted by atomic mass is 10.2. The zero-order chi connectivity index (χ0) is 14.1. The second-order valence-corrected chi connectivity index (χ2v) is 5.07. The number of aliphatic hydroxyl groups excluding tert-OH is 1. The van der Waals surface area contributed by atoms with E-state index in [2.05, 4.69) is 19.2 Å². The maximum atomic E-state index is 9.73. The Hall–Kier alpha value is -1.10. The summed E-state index contributed by atoms with van der Waals surface area (Å²) in [6, 6.07) is 7.74. The second kappa shape index (κ2) is 8.91. The van der Waals surface area contributed by atoms with Crippen LogP contribution in [0.15, 0.2) is 24.3 Å². The third-order valence-corrected chi connectivity index (χ3v) is 2.65. The van der Waals surface area contributed by atoms with Gasteiger partial charge in [-0.05, 0) is 30.2 Å². The predicted octanol–water partition coefficient (Wildman–Crippen LogP) is 1.82. The maximum Gasteiger partial charge on any atom is 0.119 e.